The van der Waals surface area contributed by atoms with Crippen molar-refractivity contribution in [2.75, 3.05) is 0 Å². The van der Waals surface area contributed by atoms with Crippen molar-refractivity contribution >= 4 is 0 Å². The van der Waals surface area contributed by atoms with Crippen molar-refractivity contribution in [2.24, 2.45) is 5.11 Å². The molecule has 0 bridgehead atoms. The molecule has 0 aromatic carbocycles. The first-order valence-electron chi connectivity index (χ1n) is 3.33. The van der Waals surface area contributed by atoms with E-state index >= 15 is 0 Å². The van der Waals surface area contributed by atoms with E-state index in [2.05, 4.69) is 5.11 Å². The summed E-state index contributed by atoms with van der Waals surface area (Å²) in [5.41, 5.74) is 5.13. The molecule has 2 nitrogen and oxygen atoms in total. The van der Waals surface area contributed by atoms with Gasteiger partial charge in [0, 0.05) is 0 Å². The van der Waals surface area contributed by atoms with Crippen molar-refractivity contribution in [1.82, 2.24) is 0 Å². The van der Waals surface area contributed by atoms with E-state index in [1.807, 2.05) is 0 Å². The van der Waals surface area contributed by atoms with Crippen LogP contribution in [-0.2, 0) is 0 Å². The van der Waals surface area contributed by atoms with E-state index in [1.165, 1.54) is 32.1 Å². The highest BCUT2D eigenvalue weighted by Gasteiger charge is 2.12. The van der Waals surface area contributed by atoms with Crippen molar-refractivity contribution in [1.29, 1.82) is 0 Å². The Morgan fingerprint density at radius 2 is 1.75 bits per heavy atom. The monoisotopic (exact) mass is 113 g/mol. The molecule has 0 aromatic heterocycles. The Bertz CT molecular complexity index is 74.6. The van der Waals surface area contributed by atoms with Crippen LogP contribution in [0.3, 0.4) is 0 Å². The minimum Gasteiger partial charge on any atom is -0.157 e. The quantitative estimate of drug-likeness (QED) is 0.482. The van der Waals surface area contributed by atoms with E-state index in [9.17, 15) is 0 Å². The molecule has 0 aromatic rings. The van der Waals surface area contributed by atoms with E-state index in [-0.39, 0.29) is 0 Å². The van der Waals surface area contributed by atoms with Gasteiger partial charge in [0.15, 0.2) is 0 Å². The minimum atomic E-state index is 0.490. The summed E-state index contributed by atoms with van der Waals surface area (Å²) in [6, 6.07) is 0.490. The van der Waals surface area contributed by atoms with E-state index in [4.69, 9.17) is 5.53 Å². The molecule has 8 heavy (non-hydrogen) atoms. The summed E-state index contributed by atoms with van der Waals surface area (Å²) in [7, 11) is 0. The van der Waals surface area contributed by atoms with Gasteiger partial charge in [-0.25, -0.2) is 0 Å². The Kier molecular flexibility index (Phi) is 2.00. The van der Waals surface area contributed by atoms with Crippen molar-refractivity contribution in [2.45, 2.75) is 38.1 Å². The second-order valence-corrected chi connectivity index (χ2v) is 2.44. The highest BCUT2D eigenvalue weighted by Crippen LogP contribution is 2.18. The Morgan fingerprint density at radius 3 is 2.12 bits per heavy atom. The zero-order valence-electron chi connectivity index (χ0n) is 5.14. The first-order chi connectivity index (χ1) is 3.93. The summed E-state index contributed by atoms with van der Waals surface area (Å²) in [5, 5.41) is 3.75. The number of hydrogen-bond donors (Lipinski definition) is 1. The van der Waals surface area contributed by atoms with E-state index in [0.717, 1.165) is 0 Å². The van der Waals surface area contributed by atoms with Crippen molar-refractivity contribution in [3.63, 3.8) is 0 Å². The molecule has 2 N–H and O–H groups in total. The Labute approximate surface area is 49.8 Å². The highest BCUT2D eigenvalue weighted by molar-refractivity contribution is 4.67. The van der Waals surface area contributed by atoms with Gasteiger partial charge in [-0.2, -0.15) is 5.53 Å². The highest BCUT2D eigenvalue weighted by atomic mass is 15.0. The number of nitrogens with zero attached hydrogens (tertiary/aromatic N) is 1. The van der Waals surface area contributed by atoms with Crippen molar-refractivity contribution in [3.8, 4) is 0 Å². The van der Waals surface area contributed by atoms with Crippen molar-refractivity contribution in [3.05, 3.63) is 0 Å². The van der Waals surface area contributed by atoms with Gasteiger partial charge in [-0.3, -0.25) is 0 Å². The molecular weight excluding hydrogens is 100 g/mol. The molecule has 2 heteroatoms. The number of nitrogens with two attached hydrogens (primary N) is 1. The first-order valence-corrected chi connectivity index (χ1v) is 3.33. The smallest absolute Gasteiger partial charge is 0.112 e. The lowest BCUT2D eigenvalue weighted by atomic mass is 9.96. The molecule has 1 aliphatic carbocycles. The van der Waals surface area contributed by atoms with Gasteiger partial charge in [0.2, 0.25) is 0 Å². The van der Waals surface area contributed by atoms with Gasteiger partial charge in [-0.15, -0.1) is 0 Å². The molecular formula is C6H13N2+. The molecule has 0 amide bonds. The van der Waals surface area contributed by atoms with Crippen LogP contribution in [0.1, 0.15) is 32.1 Å². The van der Waals surface area contributed by atoms with Crippen LogP contribution in [0, 0.1) is 0 Å². The lowest BCUT2D eigenvalue weighted by Gasteiger charge is -2.12. The fraction of sp³-hybridized carbons (Fsp3) is 1.00. The molecule has 0 unspecified atom stereocenters. The fourth-order valence-corrected chi connectivity index (χ4v) is 1.23. The second kappa shape index (κ2) is 2.80. The lowest BCUT2D eigenvalue weighted by Crippen LogP contribution is -2.29. The maximum Gasteiger partial charge on any atom is 0.112 e. The van der Waals surface area contributed by atoms with Gasteiger partial charge in [-0.1, -0.05) is 19.3 Å². The van der Waals surface area contributed by atoms with E-state index < -0.39 is 0 Å². The molecule has 0 saturated heterocycles. The third-order valence-corrected chi connectivity index (χ3v) is 1.79. The molecule has 0 aliphatic heterocycles. The Morgan fingerprint density at radius 1 is 1.12 bits per heavy atom. The summed E-state index contributed by atoms with van der Waals surface area (Å²) >= 11 is 0. The summed E-state index contributed by atoms with van der Waals surface area (Å²) < 4.78 is 0. The van der Waals surface area contributed by atoms with Crippen LogP contribution >= 0.6 is 0 Å². The van der Waals surface area contributed by atoms with Gasteiger partial charge in [-0.05, 0) is 18.0 Å². The SMILES string of the molecule is [NH2+]=NC1CCCCC1. The molecule has 1 saturated carbocycles. The van der Waals surface area contributed by atoms with Crippen LogP contribution in [0.5, 0.6) is 0 Å². The van der Waals surface area contributed by atoms with Crippen molar-refractivity contribution < 1.29 is 5.53 Å². The summed E-state index contributed by atoms with van der Waals surface area (Å²) in [6.45, 7) is 0. The van der Waals surface area contributed by atoms with Gasteiger partial charge >= 0.3 is 0 Å². The average molecular weight is 113 g/mol. The largest absolute Gasteiger partial charge is 0.157 e. The fourth-order valence-electron chi connectivity index (χ4n) is 1.23. The van der Waals surface area contributed by atoms with Crippen LogP contribution in [0.4, 0.5) is 0 Å². The second-order valence-electron chi connectivity index (χ2n) is 2.44. The summed E-state index contributed by atoms with van der Waals surface area (Å²) in [6.07, 6.45) is 6.47. The first kappa shape index (κ1) is 5.73. The molecule has 46 valence electrons. The van der Waals surface area contributed by atoms with Crippen LogP contribution in [-0.4, -0.2) is 6.04 Å². The predicted molar refractivity (Wildman–Crippen MR) is 31.2 cm³/mol. The molecule has 1 fully saturated rings. The minimum absolute atomic E-state index is 0.490. The van der Waals surface area contributed by atoms with E-state index in [1.54, 1.807) is 0 Å². The summed E-state index contributed by atoms with van der Waals surface area (Å²) in [5.74, 6) is 0. The molecule has 0 heterocycles. The topological polar surface area (TPSA) is 38.0 Å². The standard InChI is InChI=1S/C6H12N2/c7-8-6-4-2-1-3-5-6/h6-7H,1-5H2/p+1. The molecule has 0 spiro atoms. The maximum atomic E-state index is 5.13. The van der Waals surface area contributed by atoms with Gasteiger partial charge < -0.3 is 0 Å². The lowest BCUT2D eigenvalue weighted by molar-refractivity contribution is -0.230. The third-order valence-electron chi connectivity index (χ3n) is 1.79. The molecule has 0 radical (unpaired) electrons. The average Bonchev–Trinajstić information content (AvgIpc) is 1.90. The van der Waals surface area contributed by atoms with Crippen LogP contribution in [0.15, 0.2) is 5.11 Å². The Hall–Kier alpha value is -0.400. The maximum absolute atomic E-state index is 5.13. The third kappa shape index (κ3) is 1.29. The van der Waals surface area contributed by atoms with Gasteiger partial charge in [0.25, 0.3) is 0 Å². The van der Waals surface area contributed by atoms with Gasteiger partial charge in [0.05, 0.1) is 0 Å². The number of rotatable bonds is 1. The zero-order valence-corrected chi connectivity index (χ0v) is 5.14. The van der Waals surface area contributed by atoms with Gasteiger partial charge in [0.1, 0.15) is 6.04 Å². The summed E-state index contributed by atoms with van der Waals surface area (Å²) in [4.78, 5) is 0. The van der Waals surface area contributed by atoms with Crippen LogP contribution in [0.2, 0.25) is 0 Å². The molecule has 1 rings (SSSR count). The molecule has 0 atom stereocenters. The van der Waals surface area contributed by atoms with Crippen LogP contribution in [0.25, 0.3) is 0 Å². The zero-order chi connectivity index (χ0) is 5.82. The van der Waals surface area contributed by atoms with Crippen LogP contribution < -0.4 is 5.53 Å². The Balaban J connectivity index is 2.22. The molecule has 1 aliphatic rings. The van der Waals surface area contributed by atoms with E-state index in [0.29, 0.717) is 6.04 Å². The normalized spacial score (nSPS) is 23.0. The predicted octanol–water partition coefficient (Wildman–Crippen LogP) is 0.530. The number of hydrogen-bond acceptors (Lipinski definition) is 1.